The maximum atomic E-state index is 6.06. The molecule has 0 aliphatic heterocycles. The molecule has 34 heavy (non-hydrogen) atoms. The first-order valence-electron chi connectivity index (χ1n) is 12.5. The molecule has 1 aromatic heterocycles. The second-order valence-electron chi connectivity index (χ2n) is 10.1. The highest BCUT2D eigenvalue weighted by Crippen LogP contribution is 2.27. The summed E-state index contributed by atoms with van der Waals surface area (Å²) in [6.45, 7) is 11.4. The molecule has 0 aliphatic carbocycles. The van der Waals surface area contributed by atoms with E-state index >= 15 is 0 Å². The fourth-order valence-corrected chi connectivity index (χ4v) is 4.66. The van der Waals surface area contributed by atoms with Crippen molar-refractivity contribution in [2.24, 2.45) is 0 Å². The first-order chi connectivity index (χ1) is 16.4. The highest BCUT2D eigenvalue weighted by molar-refractivity contribution is 9.10. The molecule has 4 nitrogen and oxygen atoms in total. The molecule has 1 heterocycles. The molecular weight excluding hydrogens is 504 g/mol. The van der Waals surface area contributed by atoms with Gasteiger partial charge in [0, 0.05) is 36.5 Å². The van der Waals surface area contributed by atoms with Crippen LogP contribution in [0.3, 0.4) is 0 Å². The summed E-state index contributed by atoms with van der Waals surface area (Å²) in [5.41, 5.74) is 3.10. The van der Waals surface area contributed by atoms with Crippen LogP contribution in [0.4, 0.5) is 0 Å². The van der Waals surface area contributed by atoms with E-state index in [4.69, 9.17) is 14.5 Å². The fraction of sp³-hybridized carbons (Fsp3) is 0.464. The van der Waals surface area contributed by atoms with Gasteiger partial charge in [0.15, 0.2) is 0 Å². The summed E-state index contributed by atoms with van der Waals surface area (Å²) in [6.07, 6.45) is 8.32. The van der Waals surface area contributed by atoms with Gasteiger partial charge in [0.2, 0.25) is 0 Å². The number of ether oxygens (including phenoxy) is 2. The van der Waals surface area contributed by atoms with Gasteiger partial charge in [-0.1, -0.05) is 80.3 Å². The average molecular weight is 544 g/mol. The molecular formula is C28H39BrN2O2Si. The Hall–Kier alpha value is -1.89. The van der Waals surface area contributed by atoms with E-state index in [1.54, 1.807) is 0 Å². The molecule has 0 N–H and O–H groups in total. The highest BCUT2D eigenvalue weighted by Gasteiger charge is 2.14. The SMILES string of the molecule is CCCCCCCOc1ccc(-c2cn(COCC[Si](C)(C)C)c(-c3ccc(Br)cc3)n2)cc1. The molecule has 3 rings (SSSR count). The van der Waals surface area contributed by atoms with Crippen LogP contribution in [0.5, 0.6) is 5.75 Å². The summed E-state index contributed by atoms with van der Waals surface area (Å²) >= 11 is 3.53. The molecule has 0 unspecified atom stereocenters. The molecule has 0 radical (unpaired) electrons. The van der Waals surface area contributed by atoms with Crippen molar-refractivity contribution in [3.8, 4) is 28.4 Å². The van der Waals surface area contributed by atoms with Gasteiger partial charge in [-0.15, -0.1) is 0 Å². The summed E-state index contributed by atoms with van der Waals surface area (Å²) in [5.74, 6) is 1.84. The first-order valence-corrected chi connectivity index (χ1v) is 17.0. The van der Waals surface area contributed by atoms with Crippen molar-refractivity contribution >= 4 is 24.0 Å². The summed E-state index contributed by atoms with van der Waals surface area (Å²) in [4.78, 5) is 4.98. The first kappa shape index (κ1) is 26.7. The normalized spacial score (nSPS) is 11.7. The summed E-state index contributed by atoms with van der Waals surface area (Å²) < 4.78 is 15.2. The zero-order chi connectivity index (χ0) is 24.4. The Labute approximate surface area is 214 Å². The van der Waals surface area contributed by atoms with Gasteiger partial charge in [-0.25, -0.2) is 4.98 Å². The van der Waals surface area contributed by atoms with Gasteiger partial charge in [-0.05, 0) is 48.9 Å². The standard InChI is InChI=1S/C28H39BrN2O2Si/c1-5-6-7-8-9-18-33-26-16-12-23(13-17-26)27-21-31(22-32-19-20-34(2,3)4)28(30-27)24-10-14-25(29)15-11-24/h10-17,21H,5-9,18-20,22H2,1-4H3. The summed E-state index contributed by atoms with van der Waals surface area (Å²) in [5, 5.41) is 0. The molecule has 0 fully saturated rings. The zero-order valence-electron chi connectivity index (χ0n) is 21.1. The molecule has 2 aromatic carbocycles. The smallest absolute Gasteiger partial charge is 0.142 e. The number of aromatic nitrogens is 2. The van der Waals surface area contributed by atoms with Gasteiger partial charge in [-0.2, -0.15) is 0 Å². The molecule has 0 spiro atoms. The van der Waals surface area contributed by atoms with Crippen molar-refractivity contribution in [3.05, 3.63) is 59.2 Å². The van der Waals surface area contributed by atoms with Gasteiger partial charge >= 0.3 is 0 Å². The van der Waals surface area contributed by atoms with E-state index in [0.717, 1.165) is 58.5 Å². The third-order valence-corrected chi connectivity index (χ3v) is 8.01. The number of benzene rings is 2. The van der Waals surface area contributed by atoms with Gasteiger partial charge < -0.3 is 14.0 Å². The Bertz CT molecular complexity index is 995. The minimum absolute atomic E-state index is 0.502. The Kier molecular flexibility index (Phi) is 10.4. The van der Waals surface area contributed by atoms with Crippen molar-refractivity contribution in [1.82, 2.24) is 9.55 Å². The van der Waals surface area contributed by atoms with Crippen molar-refractivity contribution in [1.29, 1.82) is 0 Å². The van der Waals surface area contributed by atoms with Crippen molar-refractivity contribution in [3.63, 3.8) is 0 Å². The lowest BCUT2D eigenvalue weighted by molar-refractivity contribution is 0.0883. The lowest BCUT2D eigenvalue weighted by Gasteiger charge is -2.16. The van der Waals surface area contributed by atoms with Crippen LogP contribution >= 0.6 is 15.9 Å². The van der Waals surface area contributed by atoms with E-state index < -0.39 is 8.07 Å². The van der Waals surface area contributed by atoms with Crippen molar-refractivity contribution in [2.45, 2.75) is 71.4 Å². The van der Waals surface area contributed by atoms with Crippen molar-refractivity contribution < 1.29 is 9.47 Å². The molecule has 0 amide bonds. The summed E-state index contributed by atoms with van der Waals surface area (Å²) in [6, 6.07) is 17.7. The highest BCUT2D eigenvalue weighted by atomic mass is 79.9. The van der Waals surface area contributed by atoms with Crippen LogP contribution in [0.1, 0.15) is 39.0 Å². The third kappa shape index (κ3) is 8.71. The third-order valence-electron chi connectivity index (χ3n) is 5.77. The fourth-order valence-electron chi connectivity index (χ4n) is 3.64. The Morgan fingerprint density at radius 2 is 1.53 bits per heavy atom. The van der Waals surface area contributed by atoms with E-state index in [0.29, 0.717) is 6.73 Å². The molecule has 0 saturated heterocycles. The molecule has 6 heteroatoms. The topological polar surface area (TPSA) is 36.3 Å². The van der Waals surface area contributed by atoms with Crippen LogP contribution < -0.4 is 4.74 Å². The molecule has 0 aliphatic rings. The molecule has 0 saturated carbocycles. The van der Waals surface area contributed by atoms with Gasteiger partial charge in [0.1, 0.15) is 18.3 Å². The molecule has 184 valence electrons. The number of unbranched alkanes of at least 4 members (excludes halogenated alkanes) is 4. The summed E-state index contributed by atoms with van der Waals surface area (Å²) in [7, 11) is -1.12. The van der Waals surface area contributed by atoms with E-state index in [2.05, 4.69) is 89.7 Å². The Balaban J connectivity index is 1.69. The van der Waals surface area contributed by atoms with E-state index in [1.807, 2.05) is 12.1 Å². The van der Waals surface area contributed by atoms with Crippen LogP contribution in [0.15, 0.2) is 59.2 Å². The van der Waals surface area contributed by atoms with E-state index in [1.165, 1.54) is 25.7 Å². The Morgan fingerprint density at radius 3 is 2.21 bits per heavy atom. The van der Waals surface area contributed by atoms with Crippen LogP contribution in [0.25, 0.3) is 22.6 Å². The number of nitrogens with zero attached hydrogens (tertiary/aromatic N) is 2. The quantitative estimate of drug-likeness (QED) is 0.151. The number of imidazole rings is 1. The minimum Gasteiger partial charge on any atom is -0.494 e. The molecule has 3 aromatic rings. The second-order valence-corrected chi connectivity index (χ2v) is 16.6. The molecule has 0 atom stereocenters. The van der Waals surface area contributed by atoms with E-state index in [9.17, 15) is 0 Å². The Morgan fingerprint density at radius 1 is 0.853 bits per heavy atom. The van der Waals surface area contributed by atoms with E-state index in [-0.39, 0.29) is 0 Å². The predicted octanol–water partition coefficient (Wildman–Crippen LogP) is 8.64. The van der Waals surface area contributed by atoms with Gasteiger partial charge in [-0.3, -0.25) is 0 Å². The monoisotopic (exact) mass is 542 g/mol. The second kappa shape index (κ2) is 13.3. The van der Waals surface area contributed by atoms with Crippen LogP contribution in [-0.4, -0.2) is 30.8 Å². The molecule has 0 bridgehead atoms. The number of hydrogen-bond donors (Lipinski definition) is 0. The van der Waals surface area contributed by atoms with Crippen molar-refractivity contribution in [2.75, 3.05) is 13.2 Å². The minimum atomic E-state index is -1.12. The average Bonchev–Trinajstić information content (AvgIpc) is 3.23. The lowest BCUT2D eigenvalue weighted by Crippen LogP contribution is -2.22. The largest absolute Gasteiger partial charge is 0.494 e. The van der Waals surface area contributed by atoms with Crippen LogP contribution in [0.2, 0.25) is 25.7 Å². The maximum absolute atomic E-state index is 6.06. The number of hydrogen-bond acceptors (Lipinski definition) is 3. The lowest BCUT2D eigenvalue weighted by atomic mass is 10.1. The maximum Gasteiger partial charge on any atom is 0.142 e. The van der Waals surface area contributed by atoms with Gasteiger partial charge in [0.05, 0.1) is 12.3 Å². The van der Waals surface area contributed by atoms with Crippen LogP contribution in [0, 0.1) is 0 Å². The van der Waals surface area contributed by atoms with Gasteiger partial charge in [0.25, 0.3) is 0 Å². The van der Waals surface area contributed by atoms with Crippen LogP contribution in [-0.2, 0) is 11.5 Å². The zero-order valence-corrected chi connectivity index (χ0v) is 23.7. The number of rotatable bonds is 14. The predicted molar refractivity (Wildman–Crippen MR) is 149 cm³/mol. The number of halogens is 1.